The highest BCUT2D eigenvalue weighted by molar-refractivity contribution is 5.88. The predicted octanol–water partition coefficient (Wildman–Crippen LogP) is -1.54. The Kier molecular flexibility index (Phi) is 12.2. The lowest BCUT2D eigenvalue weighted by Gasteiger charge is -2.22. The summed E-state index contributed by atoms with van der Waals surface area (Å²) in [6.07, 6.45) is 0. The lowest BCUT2D eigenvalue weighted by Crippen LogP contribution is -2.47. The minimum Gasteiger partial charge on any atom is -0.480 e. The minimum atomic E-state index is -1.14. The molecule has 0 saturated heterocycles. The number of esters is 2. The SMILES string of the molecule is CCOC(=O)CN(CC(=O)OCC)C(=O)CNCC(=O)N(CC)CC(=O)O. The molecule has 0 unspecified atom stereocenters. The number of hydrogen-bond donors (Lipinski definition) is 2. The van der Waals surface area contributed by atoms with Gasteiger partial charge in [0.25, 0.3) is 0 Å². The number of hydrogen-bond acceptors (Lipinski definition) is 8. The van der Waals surface area contributed by atoms with E-state index in [9.17, 15) is 24.0 Å². The molecule has 0 aliphatic rings. The van der Waals surface area contributed by atoms with Gasteiger partial charge in [0, 0.05) is 6.54 Å². The molecule has 11 nitrogen and oxygen atoms in total. The van der Waals surface area contributed by atoms with E-state index in [-0.39, 0.29) is 32.8 Å². The van der Waals surface area contributed by atoms with Crippen LogP contribution in [0.15, 0.2) is 0 Å². The second-order valence-corrected chi connectivity index (χ2v) is 5.27. The summed E-state index contributed by atoms with van der Waals surface area (Å²) in [7, 11) is 0. The van der Waals surface area contributed by atoms with Gasteiger partial charge in [0.2, 0.25) is 11.8 Å². The van der Waals surface area contributed by atoms with Crippen LogP contribution in [-0.2, 0) is 33.4 Å². The molecule has 27 heavy (non-hydrogen) atoms. The number of nitrogens with one attached hydrogen (secondary N) is 1. The van der Waals surface area contributed by atoms with Gasteiger partial charge in [0.05, 0.1) is 26.3 Å². The van der Waals surface area contributed by atoms with Crippen LogP contribution in [0.5, 0.6) is 0 Å². The zero-order chi connectivity index (χ0) is 20.8. The van der Waals surface area contributed by atoms with Gasteiger partial charge >= 0.3 is 17.9 Å². The lowest BCUT2D eigenvalue weighted by atomic mass is 10.4. The average molecular weight is 389 g/mol. The first kappa shape index (κ1) is 24.3. The predicted molar refractivity (Wildman–Crippen MR) is 92.6 cm³/mol. The van der Waals surface area contributed by atoms with Crippen LogP contribution in [0.2, 0.25) is 0 Å². The van der Waals surface area contributed by atoms with Crippen LogP contribution in [0.1, 0.15) is 20.8 Å². The average Bonchev–Trinajstić information content (AvgIpc) is 2.59. The van der Waals surface area contributed by atoms with Crippen molar-refractivity contribution in [2.45, 2.75) is 20.8 Å². The second kappa shape index (κ2) is 13.5. The van der Waals surface area contributed by atoms with Crippen molar-refractivity contribution in [1.29, 1.82) is 0 Å². The molecule has 0 aliphatic heterocycles. The topological polar surface area (TPSA) is 143 Å². The Labute approximate surface area is 157 Å². The standard InChI is InChI=1S/C16H27N3O8/c1-4-18(9-14(22)23)12(20)7-17-8-13(21)19(10-15(24)26-5-2)11-16(25)27-6-3/h17H,4-11H2,1-3H3,(H,22,23). The van der Waals surface area contributed by atoms with E-state index >= 15 is 0 Å². The Balaban J connectivity index is 4.68. The fraction of sp³-hybridized carbons (Fsp3) is 0.688. The first-order valence-electron chi connectivity index (χ1n) is 8.54. The summed E-state index contributed by atoms with van der Waals surface area (Å²) in [5.74, 6) is -3.59. The van der Waals surface area contributed by atoms with Gasteiger partial charge in [-0.2, -0.15) is 0 Å². The van der Waals surface area contributed by atoms with Crippen LogP contribution < -0.4 is 5.32 Å². The number of amides is 2. The number of carbonyl (C=O) groups excluding carboxylic acids is 4. The van der Waals surface area contributed by atoms with E-state index in [1.807, 2.05) is 0 Å². The van der Waals surface area contributed by atoms with Crippen LogP contribution in [0.4, 0.5) is 0 Å². The van der Waals surface area contributed by atoms with E-state index in [4.69, 9.17) is 14.6 Å². The molecule has 11 heteroatoms. The molecule has 154 valence electrons. The first-order valence-corrected chi connectivity index (χ1v) is 8.54. The van der Waals surface area contributed by atoms with Gasteiger partial charge in [-0.1, -0.05) is 0 Å². The first-order chi connectivity index (χ1) is 12.7. The number of nitrogens with zero attached hydrogens (tertiary/aromatic N) is 2. The van der Waals surface area contributed by atoms with Crippen LogP contribution in [0.25, 0.3) is 0 Å². The van der Waals surface area contributed by atoms with Crippen molar-refractivity contribution in [2.24, 2.45) is 0 Å². The van der Waals surface area contributed by atoms with E-state index in [0.29, 0.717) is 0 Å². The largest absolute Gasteiger partial charge is 0.480 e. The number of ether oxygens (including phenoxy) is 2. The minimum absolute atomic E-state index is 0.128. The lowest BCUT2D eigenvalue weighted by molar-refractivity contribution is -0.153. The molecule has 0 aromatic heterocycles. The number of carboxylic acids is 1. The molecule has 0 rings (SSSR count). The van der Waals surface area contributed by atoms with Crippen molar-refractivity contribution < 1.29 is 38.6 Å². The van der Waals surface area contributed by atoms with Crippen molar-refractivity contribution in [3.63, 3.8) is 0 Å². The Bertz CT molecular complexity index is 518. The highest BCUT2D eigenvalue weighted by Crippen LogP contribution is 1.95. The molecule has 2 N–H and O–H groups in total. The van der Waals surface area contributed by atoms with Crippen LogP contribution in [-0.4, -0.2) is 97.1 Å². The molecule has 0 heterocycles. The normalized spacial score (nSPS) is 10.0. The fourth-order valence-corrected chi connectivity index (χ4v) is 2.00. The molecule has 0 aromatic rings. The van der Waals surface area contributed by atoms with Crippen molar-refractivity contribution >= 4 is 29.7 Å². The zero-order valence-corrected chi connectivity index (χ0v) is 15.9. The molecule has 0 aromatic carbocycles. The molecule has 0 radical (unpaired) electrons. The molecular formula is C16H27N3O8. The Morgan fingerprint density at radius 3 is 1.59 bits per heavy atom. The molecule has 0 spiro atoms. The third-order valence-corrected chi connectivity index (χ3v) is 3.22. The van der Waals surface area contributed by atoms with Crippen LogP contribution >= 0.6 is 0 Å². The van der Waals surface area contributed by atoms with Crippen molar-refractivity contribution in [1.82, 2.24) is 15.1 Å². The molecule has 0 bridgehead atoms. The maximum Gasteiger partial charge on any atom is 0.325 e. The van der Waals surface area contributed by atoms with E-state index in [1.165, 1.54) is 0 Å². The Morgan fingerprint density at radius 2 is 1.22 bits per heavy atom. The summed E-state index contributed by atoms with van der Waals surface area (Å²) in [6, 6.07) is 0. The summed E-state index contributed by atoms with van der Waals surface area (Å²) < 4.78 is 9.54. The summed E-state index contributed by atoms with van der Waals surface area (Å²) in [6.45, 7) is 3.43. The summed E-state index contributed by atoms with van der Waals surface area (Å²) in [5, 5.41) is 11.3. The van der Waals surface area contributed by atoms with Crippen LogP contribution in [0, 0.1) is 0 Å². The zero-order valence-electron chi connectivity index (χ0n) is 15.9. The van der Waals surface area contributed by atoms with E-state index in [0.717, 1.165) is 9.80 Å². The quantitative estimate of drug-likeness (QED) is 0.358. The summed E-state index contributed by atoms with van der Waals surface area (Å²) in [5.41, 5.74) is 0. The number of carbonyl (C=O) groups is 5. The monoisotopic (exact) mass is 389 g/mol. The third kappa shape index (κ3) is 10.8. The molecule has 0 fully saturated rings. The smallest absolute Gasteiger partial charge is 0.325 e. The second-order valence-electron chi connectivity index (χ2n) is 5.27. The van der Waals surface area contributed by atoms with Crippen molar-refractivity contribution in [3.8, 4) is 0 Å². The number of aliphatic carboxylic acids is 1. The molecule has 2 amide bonds. The Hall–Kier alpha value is -2.69. The number of carboxylic acid groups (broad SMARTS) is 1. The molecule has 0 saturated carbocycles. The van der Waals surface area contributed by atoms with E-state index in [2.05, 4.69) is 5.32 Å². The molecule has 0 aliphatic carbocycles. The number of likely N-dealkylation sites (N-methyl/N-ethyl adjacent to an activating group) is 1. The van der Waals surface area contributed by atoms with E-state index < -0.39 is 49.4 Å². The highest BCUT2D eigenvalue weighted by atomic mass is 16.5. The maximum absolute atomic E-state index is 12.3. The maximum atomic E-state index is 12.3. The van der Waals surface area contributed by atoms with Crippen LogP contribution in [0.3, 0.4) is 0 Å². The molecular weight excluding hydrogens is 362 g/mol. The van der Waals surface area contributed by atoms with Gasteiger partial charge < -0.3 is 24.4 Å². The molecule has 0 atom stereocenters. The highest BCUT2D eigenvalue weighted by Gasteiger charge is 2.22. The van der Waals surface area contributed by atoms with Crippen molar-refractivity contribution in [2.75, 3.05) is 52.5 Å². The van der Waals surface area contributed by atoms with Gasteiger partial charge in [-0.3, -0.25) is 29.3 Å². The van der Waals surface area contributed by atoms with Gasteiger partial charge in [0.1, 0.15) is 19.6 Å². The fourth-order valence-electron chi connectivity index (χ4n) is 2.00. The van der Waals surface area contributed by atoms with Gasteiger partial charge in [0.15, 0.2) is 0 Å². The van der Waals surface area contributed by atoms with Gasteiger partial charge in [-0.25, -0.2) is 0 Å². The summed E-state index contributed by atoms with van der Waals surface area (Å²) >= 11 is 0. The number of rotatable bonds is 13. The summed E-state index contributed by atoms with van der Waals surface area (Å²) in [4.78, 5) is 60.1. The third-order valence-electron chi connectivity index (χ3n) is 3.22. The van der Waals surface area contributed by atoms with Gasteiger partial charge in [-0.05, 0) is 20.8 Å². The van der Waals surface area contributed by atoms with Gasteiger partial charge in [-0.15, -0.1) is 0 Å². The van der Waals surface area contributed by atoms with E-state index in [1.54, 1.807) is 20.8 Å². The Morgan fingerprint density at radius 1 is 0.778 bits per heavy atom. The van der Waals surface area contributed by atoms with Crippen molar-refractivity contribution in [3.05, 3.63) is 0 Å².